The number of benzene rings is 1. The van der Waals surface area contributed by atoms with Crippen molar-refractivity contribution in [2.75, 3.05) is 13.7 Å². The maximum absolute atomic E-state index is 11.9. The van der Waals surface area contributed by atoms with E-state index in [-0.39, 0.29) is 16.5 Å². The van der Waals surface area contributed by atoms with Gasteiger partial charge in [0.25, 0.3) is 5.91 Å². The second-order valence-electron chi connectivity index (χ2n) is 5.01. The number of nitrogens with one attached hydrogen (secondary N) is 1. The average Bonchev–Trinajstić information content (AvgIpc) is 2.56. The van der Waals surface area contributed by atoms with Gasteiger partial charge in [0, 0.05) is 0 Å². The van der Waals surface area contributed by atoms with Gasteiger partial charge < -0.3 is 14.8 Å². The summed E-state index contributed by atoms with van der Waals surface area (Å²) in [5.41, 5.74) is 0.174. The topological polar surface area (TPSA) is 81.7 Å². The van der Waals surface area contributed by atoms with Crippen molar-refractivity contribution in [3.63, 3.8) is 0 Å². The van der Waals surface area contributed by atoms with E-state index < -0.39 is 30.5 Å². The van der Waals surface area contributed by atoms with Gasteiger partial charge in [-0.15, -0.1) is 0 Å². The van der Waals surface area contributed by atoms with Crippen molar-refractivity contribution in [2.45, 2.75) is 26.3 Å². The number of hydrogen-bond acceptors (Lipinski definition) is 5. The van der Waals surface area contributed by atoms with E-state index in [1.165, 1.54) is 13.2 Å². The first-order valence-corrected chi connectivity index (χ1v) is 7.57. The molecule has 1 rings (SSSR count). The largest absolute Gasteiger partial charge is 0.467 e. The van der Waals surface area contributed by atoms with E-state index in [2.05, 4.69) is 10.1 Å². The molecule has 126 valence electrons. The second kappa shape index (κ2) is 9.15. The molecule has 1 amide bonds. The minimum atomic E-state index is -0.781. The third-order valence-electron chi connectivity index (χ3n) is 3.41. The Labute approximate surface area is 140 Å². The van der Waals surface area contributed by atoms with Crippen LogP contribution in [0.25, 0.3) is 0 Å². The highest BCUT2D eigenvalue weighted by atomic mass is 35.5. The fraction of sp³-hybridized carbons (Fsp3) is 0.438. The lowest BCUT2D eigenvalue weighted by molar-refractivity contribution is -0.147. The van der Waals surface area contributed by atoms with Crippen LogP contribution in [-0.4, -0.2) is 37.6 Å². The van der Waals surface area contributed by atoms with Crippen molar-refractivity contribution in [1.29, 1.82) is 0 Å². The van der Waals surface area contributed by atoms with Crippen LogP contribution in [0.2, 0.25) is 5.02 Å². The van der Waals surface area contributed by atoms with Crippen LogP contribution in [0.5, 0.6) is 0 Å². The molecular weight excluding hydrogens is 322 g/mol. The molecule has 0 heterocycles. The monoisotopic (exact) mass is 341 g/mol. The lowest BCUT2D eigenvalue weighted by Gasteiger charge is -2.21. The Hall–Kier alpha value is -2.08. The molecule has 0 aliphatic carbocycles. The molecule has 1 aromatic carbocycles. The van der Waals surface area contributed by atoms with Crippen molar-refractivity contribution in [2.24, 2.45) is 5.92 Å². The number of esters is 2. The minimum Gasteiger partial charge on any atom is -0.467 e. The molecule has 0 unspecified atom stereocenters. The van der Waals surface area contributed by atoms with E-state index in [0.717, 1.165) is 0 Å². The van der Waals surface area contributed by atoms with Crippen LogP contribution in [-0.2, 0) is 19.1 Å². The van der Waals surface area contributed by atoms with Crippen molar-refractivity contribution >= 4 is 29.4 Å². The zero-order valence-electron chi connectivity index (χ0n) is 13.3. The molecule has 0 aromatic heterocycles. The summed E-state index contributed by atoms with van der Waals surface area (Å²) in [5, 5.41) is 2.76. The van der Waals surface area contributed by atoms with Gasteiger partial charge in [0.05, 0.1) is 17.7 Å². The highest BCUT2D eigenvalue weighted by molar-refractivity contribution is 6.33. The van der Waals surface area contributed by atoms with E-state index in [0.29, 0.717) is 6.42 Å². The summed E-state index contributed by atoms with van der Waals surface area (Å²) in [7, 11) is 1.25. The van der Waals surface area contributed by atoms with Crippen molar-refractivity contribution < 1.29 is 23.9 Å². The van der Waals surface area contributed by atoms with Crippen molar-refractivity contribution in [1.82, 2.24) is 5.32 Å². The zero-order chi connectivity index (χ0) is 17.4. The van der Waals surface area contributed by atoms with Crippen molar-refractivity contribution in [3.8, 4) is 0 Å². The molecule has 0 aliphatic rings. The van der Waals surface area contributed by atoms with Gasteiger partial charge in [-0.1, -0.05) is 44.0 Å². The van der Waals surface area contributed by atoms with Gasteiger partial charge in [-0.2, -0.15) is 0 Å². The van der Waals surface area contributed by atoms with Gasteiger partial charge in [0.2, 0.25) is 0 Å². The van der Waals surface area contributed by atoms with E-state index in [1.54, 1.807) is 18.2 Å². The number of amides is 1. The van der Waals surface area contributed by atoms with Crippen LogP contribution >= 0.6 is 11.6 Å². The number of carbonyl (C=O) groups excluding carboxylic acids is 3. The van der Waals surface area contributed by atoms with Crippen LogP contribution < -0.4 is 5.32 Å². The first kappa shape index (κ1) is 19.0. The predicted molar refractivity (Wildman–Crippen MR) is 85.1 cm³/mol. The fourth-order valence-electron chi connectivity index (χ4n) is 1.85. The summed E-state index contributed by atoms with van der Waals surface area (Å²) >= 11 is 5.88. The third kappa shape index (κ3) is 5.56. The Morgan fingerprint density at radius 1 is 1.26 bits per heavy atom. The maximum Gasteiger partial charge on any atom is 0.340 e. The number of rotatable bonds is 7. The lowest BCUT2D eigenvalue weighted by Crippen LogP contribution is -2.47. The smallest absolute Gasteiger partial charge is 0.340 e. The molecule has 23 heavy (non-hydrogen) atoms. The number of methoxy groups -OCH3 is 1. The second-order valence-corrected chi connectivity index (χ2v) is 5.42. The summed E-state index contributed by atoms with van der Waals surface area (Å²) in [6, 6.07) is 5.59. The molecule has 1 N–H and O–H groups in total. The van der Waals surface area contributed by atoms with Gasteiger partial charge in [0.15, 0.2) is 6.61 Å². The predicted octanol–water partition coefficient (Wildman–Crippen LogP) is 2.20. The maximum atomic E-state index is 11.9. The minimum absolute atomic E-state index is 0.106. The third-order valence-corrected chi connectivity index (χ3v) is 3.74. The number of halogens is 1. The van der Waals surface area contributed by atoms with Crippen LogP contribution in [0.4, 0.5) is 0 Å². The quantitative estimate of drug-likeness (QED) is 0.769. The molecule has 6 nitrogen and oxygen atoms in total. The molecule has 0 fully saturated rings. The normalized spacial score (nSPS) is 12.9. The highest BCUT2D eigenvalue weighted by Crippen LogP contribution is 2.15. The fourth-order valence-corrected chi connectivity index (χ4v) is 2.06. The van der Waals surface area contributed by atoms with Crippen LogP contribution in [0.3, 0.4) is 0 Å². The number of ether oxygens (including phenoxy) is 2. The summed E-state index contributed by atoms with van der Waals surface area (Å²) in [6.07, 6.45) is 0.680. The molecule has 1 aromatic rings. The Balaban J connectivity index is 2.60. The van der Waals surface area contributed by atoms with E-state index in [9.17, 15) is 14.4 Å². The van der Waals surface area contributed by atoms with Gasteiger partial charge in [-0.25, -0.2) is 9.59 Å². The molecule has 2 atom stereocenters. The molecule has 0 spiro atoms. The summed E-state index contributed by atoms with van der Waals surface area (Å²) in [6.45, 7) is 3.20. The molecule has 0 aliphatic heterocycles. The number of carbonyl (C=O) groups is 3. The Morgan fingerprint density at radius 2 is 1.91 bits per heavy atom. The lowest BCUT2D eigenvalue weighted by atomic mass is 9.99. The van der Waals surface area contributed by atoms with E-state index in [4.69, 9.17) is 16.3 Å². The molecule has 0 saturated heterocycles. The standard InChI is InChI=1S/C16H20ClNO5/c1-4-10(2)14(16(21)22-3)18-13(19)9-23-15(20)11-7-5-6-8-12(11)17/h5-8,10,14H,4,9H2,1-3H3,(H,18,19)/t10-,14+/m1/s1. The van der Waals surface area contributed by atoms with Gasteiger partial charge in [0.1, 0.15) is 6.04 Å². The summed E-state index contributed by atoms with van der Waals surface area (Å²) < 4.78 is 9.58. The SMILES string of the molecule is CC[C@@H](C)[C@H](NC(=O)COC(=O)c1ccccc1Cl)C(=O)OC. The van der Waals surface area contributed by atoms with E-state index >= 15 is 0 Å². The molecule has 0 bridgehead atoms. The summed E-state index contributed by atoms with van der Waals surface area (Å²) in [4.78, 5) is 35.4. The number of hydrogen-bond donors (Lipinski definition) is 1. The van der Waals surface area contributed by atoms with Gasteiger partial charge in [-0.3, -0.25) is 4.79 Å². The zero-order valence-corrected chi connectivity index (χ0v) is 14.1. The molecule has 0 radical (unpaired) electrons. The van der Waals surface area contributed by atoms with Crippen LogP contribution in [0, 0.1) is 5.92 Å². The molecule has 7 heteroatoms. The Morgan fingerprint density at radius 3 is 2.48 bits per heavy atom. The van der Waals surface area contributed by atoms with Gasteiger partial charge in [-0.05, 0) is 18.1 Å². The van der Waals surface area contributed by atoms with E-state index in [1.807, 2.05) is 13.8 Å². The molecular formula is C16H20ClNO5. The Kier molecular flexibility index (Phi) is 7.54. The summed E-state index contributed by atoms with van der Waals surface area (Å²) in [5.74, 6) is -1.93. The van der Waals surface area contributed by atoms with Gasteiger partial charge >= 0.3 is 11.9 Å². The van der Waals surface area contributed by atoms with Crippen LogP contribution in [0.1, 0.15) is 30.6 Å². The van der Waals surface area contributed by atoms with Crippen LogP contribution in [0.15, 0.2) is 24.3 Å². The Bertz CT molecular complexity index is 575. The van der Waals surface area contributed by atoms with Crippen molar-refractivity contribution in [3.05, 3.63) is 34.9 Å². The highest BCUT2D eigenvalue weighted by Gasteiger charge is 2.27. The average molecular weight is 342 g/mol. The first-order valence-electron chi connectivity index (χ1n) is 7.19. The molecule has 0 saturated carbocycles. The first-order chi connectivity index (χ1) is 10.9.